The lowest BCUT2D eigenvalue weighted by Gasteiger charge is -2.08. The SMILES string of the molecule is O=C(CS(=O)(=O)c1cccc2nsnc12)Nc1ccc(Cl)cc1F. The molecule has 3 rings (SSSR count). The molecule has 0 bridgehead atoms. The molecular formula is C14H9ClFN3O3S2. The highest BCUT2D eigenvalue weighted by Crippen LogP contribution is 2.23. The Labute approximate surface area is 145 Å². The van der Waals surface area contributed by atoms with Gasteiger partial charge in [0.25, 0.3) is 0 Å². The molecule has 0 aliphatic rings. The molecule has 0 spiro atoms. The Kier molecular flexibility index (Phi) is 4.48. The number of nitrogens with one attached hydrogen (secondary N) is 1. The van der Waals surface area contributed by atoms with Crippen LogP contribution in [0, 0.1) is 5.82 Å². The molecule has 3 aromatic rings. The summed E-state index contributed by atoms with van der Waals surface area (Å²) in [6.07, 6.45) is 0. The maximum atomic E-state index is 13.7. The summed E-state index contributed by atoms with van der Waals surface area (Å²) in [4.78, 5) is 11.9. The summed E-state index contributed by atoms with van der Waals surface area (Å²) in [5.41, 5.74) is 0.506. The standard InChI is InChI=1S/C14H9ClFN3O3S2/c15-8-4-5-10(9(16)6-8)17-13(20)7-24(21,22)12-3-1-2-11-14(12)19-23-18-11/h1-6H,7H2,(H,17,20). The smallest absolute Gasteiger partial charge is 0.240 e. The number of hydrogen-bond acceptors (Lipinski definition) is 6. The molecule has 0 saturated heterocycles. The second-order valence-electron chi connectivity index (χ2n) is 4.82. The predicted octanol–water partition coefficient (Wildman–Crippen LogP) is 2.90. The van der Waals surface area contributed by atoms with Gasteiger partial charge in [-0.25, -0.2) is 12.8 Å². The average Bonchev–Trinajstić information content (AvgIpc) is 2.97. The van der Waals surface area contributed by atoms with E-state index in [4.69, 9.17) is 11.6 Å². The van der Waals surface area contributed by atoms with E-state index in [1.807, 2.05) is 0 Å². The zero-order valence-corrected chi connectivity index (χ0v) is 14.3. The van der Waals surface area contributed by atoms with E-state index >= 15 is 0 Å². The van der Waals surface area contributed by atoms with E-state index in [1.165, 1.54) is 24.3 Å². The number of benzene rings is 2. The first-order valence-electron chi connectivity index (χ1n) is 6.56. The van der Waals surface area contributed by atoms with Gasteiger partial charge in [-0.2, -0.15) is 8.75 Å². The third-order valence-electron chi connectivity index (χ3n) is 3.11. The summed E-state index contributed by atoms with van der Waals surface area (Å²) >= 11 is 6.51. The quantitative estimate of drug-likeness (QED) is 0.745. The maximum Gasteiger partial charge on any atom is 0.240 e. The Morgan fingerprint density at radius 2 is 2.04 bits per heavy atom. The molecule has 0 unspecified atom stereocenters. The number of amides is 1. The van der Waals surface area contributed by atoms with Crippen LogP contribution in [0.25, 0.3) is 11.0 Å². The van der Waals surface area contributed by atoms with Gasteiger partial charge in [-0.05, 0) is 30.3 Å². The lowest BCUT2D eigenvalue weighted by Crippen LogP contribution is -2.23. The number of halogens is 2. The van der Waals surface area contributed by atoms with Crippen molar-refractivity contribution < 1.29 is 17.6 Å². The third-order valence-corrected chi connectivity index (χ3v) is 5.53. The maximum absolute atomic E-state index is 13.7. The fraction of sp³-hybridized carbons (Fsp3) is 0.0714. The topological polar surface area (TPSA) is 89.0 Å². The zero-order chi connectivity index (χ0) is 17.3. The molecule has 0 radical (unpaired) electrons. The molecule has 1 aromatic heterocycles. The molecule has 0 fully saturated rings. The largest absolute Gasteiger partial charge is 0.323 e. The average molecular weight is 386 g/mol. The number of nitrogens with zero attached hydrogens (tertiary/aromatic N) is 2. The van der Waals surface area contributed by atoms with Gasteiger partial charge in [-0.1, -0.05) is 17.7 Å². The predicted molar refractivity (Wildman–Crippen MR) is 89.5 cm³/mol. The molecule has 1 amide bonds. The van der Waals surface area contributed by atoms with Crippen LogP contribution in [0.3, 0.4) is 0 Å². The van der Waals surface area contributed by atoms with Gasteiger partial charge in [0.05, 0.1) is 22.3 Å². The van der Waals surface area contributed by atoms with Gasteiger partial charge in [0.15, 0.2) is 9.84 Å². The number of hydrogen-bond donors (Lipinski definition) is 1. The number of fused-ring (bicyclic) bond motifs is 1. The van der Waals surface area contributed by atoms with Crippen molar-refractivity contribution in [1.82, 2.24) is 8.75 Å². The Hall–Kier alpha value is -2.10. The first-order valence-corrected chi connectivity index (χ1v) is 9.32. The molecule has 10 heteroatoms. The number of rotatable bonds is 4. The van der Waals surface area contributed by atoms with Gasteiger partial charge in [-0.15, -0.1) is 0 Å². The summed E-state index contributed by atoms with van der Waals surface area (Å²) in [6, 6.07) is 8.17. The van der Waals surface area contributed by atoms with Crippen LogP contribution in [-0.4, -0.2) is 28.8 Å². The van der Waals surface area contributed by atoms with Crippen LogP contribution in [0.5, 0.6) is 0 Å². The van der Waals surface area contributed by atoms with Crippen LogP contribution in [0.1, 0.15) is 0 Å². The number of anilines is 1. The minimum absolute atomic E-state index is 0.0829. The van der Waals surface area contributed by atoms with E-state index in [-0.39, 0.29) is 21.1 Å². The number of carbonyl (C=O) groups excluding carboxylic acids is 1. The van der Waals surface area contributed by atoms with Crippen molar-refractivity contribution in [3.05, 3.63) is 47.2 Å². The molecule has 6 nitrogen and oxygen atoms in total. The highest BCUT2D eigenvalue weighted by Gasteiger charge is 2.23. The fourth-order valence-electron chi connectivity index (χ4n) is 2.06. The van der Waals surface area contributed by atoms with Crippen molar-refractivity contribution in [3.8, 4) is 0 Å². The Balaban J connectivity index is 1.84. The summed E-state index contributed by atoms with van der Waals surface area (Å²) in [5.74, 6) is -2.46. The summed E-state index contributed by atoms with van der Waals surface area (Å²) in [6.45, 7) is 0. The second kappa shape index (κ2) is 6.42. The van der Waals surface area contributed by atoms with Crippen LogP contribution < -0.4 is 5.32 Å². The van der Waals surface area contributed by atoms with Gasteiger partial charge in [0.2, 0.25) is 5.91 Å². The molecule has 1 heterocycles. The van der Waals surface area contributed by atoms with Crippen molar-refractivity contribution in [3.63, 3.8) is 0 Å². The molecule has 1 N–H and O–H groups in total. The van der Waals surface area contributed by atoms with Gasteiger partial charge < -0.3 is 5.32 Å². The molecule has 2 aromatic carbocycles. The van der Waals surface area contributed by atoms with Gasteiger partial charge >= 0.3 is 0 Å². The van der Waals surface area contributed by atoms with Gasteiger partial charge in [0.1, 0.15) is 22.6 Å². The molecule has 0 aliphatic carbocycles. The first kappa shape index (κ1) is 16.7. The second-order valence-corrected chi connectivity index (χ2v) is 7.74. The lowest BCUT2D eigenvalue weighted by molar-refractivity contribution is -0.113. The van der Waals surface area contributed by atoms with Gasteiger partial charge in [0, 0.05) is 5.02 Å². The summed E-state index contributed by atoms with van der Waals surface area (Å²) in [5, 5.41) is 2.39. The fourth-order valence-corrected chi connectivity index (χ4v) is 4.13. The Morgan fingerprint density at radius 1 is 1.25 bits per heavy atom. The van der Waals surface area contributed by atoms with Crippen LogP contribution in [0.2, 0.25) is 5.02 Å². The number of aromatic nitrogens is 2. The molecule has 0 atom stereocenters. The van der Waals surface area contributed by atoms with Crippen molar-refractivity contribution >= 4 is 55.8 Å². The Bertz CT molecular complexity index is 1040. The van der Waals surface area contributed by atoms with Crippen molar-refractivity contribution in [1.29, 1.82) is 0 Å². The minimum Gasteiger partial charge on any atom is -0.323 e. The van der Waals surface area contributed by atoms with Gasteiger partial charge in [-0.3, -0.25) is 4.79 Å². The van der Waals surface area contributed by atoms with E-state index < -0.39 is 27.3 Å². The first-order chi connectivity index (χ1) is 11.4. The van der Waals surface area contributed by atoms with Crippen LogP contribution >= 0.6 is 23.3 Å². The van der Waals surface area contributed by atoms with Crippen LogP contribution in [0.4, 0.5) is 10.1 Å². The zero-order valence-electron chi connectivity index (χ0n) is 11.9. The van der Waals surface area contributed by atoms with E-state index in [0.29, 0.717) is 5.52 Å². The molecular weight excluding hydrogens is 377 g/mol. The molecule has 124 valence electrons. The monoisotopic (exact) mass is 385 g/mol. The number of sulfone groups is 1. The van der Waals surface area contributed by atoms with E-state index in [1.54, 1.807) is 6.07 Å². The van der Waals surface area contributed by atoms with Crippen molar-refractivity contribution in [2.45, 2.75) is 4.90 Å². The third kappa shape index (κ3) is 3.37. The van der Waals surface area contributed by atoms with E-state index in [0.717, 1.165) is 17.8 Å². The highest BCUT2D eigenvalue weighted by atomic mass is 35.5. The summed E-state index contributed by atoms with van der Waals surface area (Å²) in [7, 11) is -3.95. The highest BCUT2D eigenvalue weighted by molar-refractivity contribution is 7.92. The van der Waals surface area contributed by atoms with E-state index in [2.05, 4.69) is 14.1 Å². The normalized spacial score (nSPS) is 11.6. The van der Waals surface area contributed by atoms with Crippen molar-refractivity contribution in [2.75, 3.05) is 11.1 Å². The van der Waals surface area contributed by atoms with Crippen LogP contribution in [-0.2, 0) is 14.6 Å². The van der Waals surface area contributed by atoms with Crippen LogP contribution in [0.15, 0.2) is 41.3 Å². The lowest BCUT2D eigenvalue weighted by atomic mass is 10.3. The minimum atomic E-state index is -3.95. The number of carbonyl (C=O) groups is 1. The summed E-state index contributed by atoms with van der Waals surface area (Å²) < 4.78 is 46.5. The van der Waals surface area contributed by atoms with Crippen molar-refractivity contribution in [2.24, 2.45) is 0 Å². The Morgan fingerprint density at radius 3 is 2.79 bits per heavy atom. The van der Waals surface area contributed by atoms with E-state index in [9.17, 15) is 17.6 Å². The molecule has 24 heavy (non-hydrogen) atoms. The molecule has 0 aliphatic heterocycles. The molecule has 0 saturated carbocycles.